The largest absolute Gasteiger partial charge is 0.308 e. The highest BCUT2D eigenvalue weighted by Gasteiger charge is 2.28. The van der Waals surface area contributed by atoms with Crippen molar-refractivity contribution in [2.75, 3.05) is 12.3 Å². The zero-order valence-corrected chi connectivity index (χ0v) is 12.8. The van der Waals surface area contributed by atoms with Gasteiger partial charge in [0.05, 0.1) is 6.04 Å². The molecule has 1 aromatic rings. The molecule has 2 unspecified atom stereocenters. The number of rotatable bonds is 5. The smallest absolute Gasteiger partial charge is 0.0546 e. The van der Waals surface area contributed by atoms with Crippen LogP contribution < -0.4 is 5.32 Å². The molecule has 0 aromatic carbocycles. The summed E-state index contributed by atoms with van der Waals surface area (Å²) in [4.78, 5) is 1.48. The fourth-order valence-corrected chi connectivity index (χ4v) is 5.33. The predicted molar refractivity (Wildman–Crippen MR) is 78.5 cm³/mol. The molecule has 1 aromatic heterocycles. The van der Waals surface area contributed by atoms with E-state index < -0.39 is 0 Å². The van der Waals surface area contributed by atoms with Crippen LogP contribution in [0.3, 0.4) is 0 Å². The molecule has 16 heavy (non-hydrogen) atoms. The Morgan fingerprint density at radius 1 is 1.62 bits per heavy atom. The van der Waals surface area contributed by atoms with Crippen LogP contribution in [0.1, 0.15) is 37.1 Å². The maximum atomic E-state index is 3.71. The van der Waals surface area contributed by atoms with Gasteiger partial charge in [-0.25, -0.2) is 0 Å². The van der Waals surface area contributed by atoms with E-state index in [1.165, 1.54) is 34.4 Å². The Balaban J connectivity index is 2.10. The molecular weight excluding hydrogens is 302 g/mol. The zero-order chi connectivity index (χ0) is 11.4. The monoisotopic (exact) mass is 319 g/mol. The Hall–Kier alpha value is 0.490. The van der Waals surface area contributed by atoms with Gasteiger partial charge in [0.25, 0.3) is 0 Å². The maximum absolute atomic E-state index is 3.71. The van der Waals surface area contributed by atoms with E-state index in [2.05, 4.69) is 51.4 Å². The highest BCUT2D eigenvalue weighted by atomic mass is 79.9. The molecule has 0 spiro atoms. The van der Waals surface area contributed by atoms with Gasteiger partial charge in [-0.2, -0.15) is 11.8 Å². The molecule has 2 heterocycles. The molecule has 90 valence electrons. The van der Waals surface area contributed by atoms with Crippen LogP contribution in [0.25, 0.3) is 0 Å². The van der Waals surface area contributed by atoms with Gasteiger partial charge in [0.15, 0.2) is 0 Å². The lowest BCUT2D eigenvalue weighted by Crippen LogP contribution is -2.29. The second kappa shape index (κ2) is 6.43. The van der Waals surface area contributed by atoms with Crippen molar-refractivity contribution in [2.45, 2.75) is 37.5 Å². The molecule has 4 heteroatoms. The third-order valence-electron chi connectivity index (χ3n) is 2.88. The van der Waals surface area contributed by atoms with E-state index in [-0.39, 0.29) is 0 Å². The number of thiophene rings is 1. The molecule has 1 aliphatic rings. The first kappa shape index (κ1) is 12.9. The van der Waals surface area contributed by atoms with Crippen LogP contribution in [0.15, 0.2) is 15.9 Å². The van der Waals surface area contributed by atoms with Crippen LogP contribution in [0, 0.1) is 0 Å². The zero-order valence-electron chi connectivity index (χ0n) is 9.54. The van der Waals surface area contributed by atoms with E-state index in [1.54, 1.807) is 0 Å². The van der Waals surface area contributed by atoms with E-state index in [0.717, 1.165) is 11.8 Å². The fraction of sp³-hybridized carbons (Fsp3) is 0.667. The van der Waals surface area contributed by atoms with Crippen molar-refractivity contribution in [3.63, 3.8) is 0 Å². The Kier molecular flexibility index (Phi) is 5.20. The average Bonchev–Trinajstić information content (AvgIpc) is 2.91. The van der Waals surface area contributed by atoms with E-state index in [4.69, 9.17) is 0 Å². The van der Waals surface area contributed by atoms with Crippen LogP contribution in [-0.2, 0) is 0 Å². The summed E-state index contributed by atoms with van der Waals surface area (Å²) in [7, 11) is 0. The lowest BCUT2D eigenvalue weighted by Gasteiger charge is -2.23. The summed E-state index contributed by atoms with van der Waals surface area (Å²) in [5.41, 5.74) is 0. The number of hydrogen-bond acceptors (Lipinski definition) is 3. The highest BCUT2D eigenvalue weighted by molar-refractivity contribution is 9.10. The first-order valence-corrected chi connectivity index (χ1v) is 8.63. The Morgan fingerprint density at radius 3 is 3.06 bits per heavy atom. The van der Waals surface area contributed by atoms with Crippen molar-refractivity contribution >= 4 is 39.0 Å². The van der Waals surface area contributed by atoms with Crippen LogP contribution in [-0.4, -0.2) is 17.5 Å². The Morgan fingerprint density at radius 2 is 2.50 bits per heavy atom. The van der Waals surface area contributed by atoms with E-state index in [0.29, 0.717) is 6.04 Å². The summed E-state index contributed by atoms with van der Waals surface area (Å²) in [6, 6.07) is 2.71. The molecule has 0 radical (unpaired) electrons. The van der Waals surface area contributed by atoms with Crippen molar-refractivity contribution in [1.82, 2.24) is 5.32 Å². The Bertz CT molecular complexity index is 321. The van der Waals surface area contributed by atoms with Crippen LogP contribution in [0.2, 0.25) is 0 Å². The standard InChI is InChI=1S/C12H18BrNS2/c1-2-6-14-11(10-4-3-7-15-10)12-9(13)5-8-16-12/h5,8,10-11,14H,2-4,6-7H2,1H3. The quantitative estimate of drug-likeness (QED) is 0.860. The van der Waals surface area contributed by atoms with Crippen molar-refractivity contribution in [3.8, 4) is 0 Å². The summed E-state index contributed by atoms with van der Waals surface area (Å²) < 4.78 is 1.28. The summed E-state index contributed by atoms with van der Waals surface area (Å²) >= 11 is 7.67. The van der Waals surface area contributed by atoms with Crippen LogP contribution >= 0.6 is 39.0 Å². The van der Waals surface area contributed by atoms with E-state index in [9.17, 15) is 0 Å². The normalized spacial score (nSPS) is 22.5. The molecule has 1 fully saturated rings. The number of thioether (sulfide) groups is 1. The maximum Gasteiger partial charge on any atom is 0.0546 e. The van der Waals surface area contributed by atoms with Crippen LogP contribution in [0.4, 0.5) is 0 Å². The van der Waals surface area contributed by atoms with E-state index in [1.807, 2.05) is 11.3 Å². The second-order valence-corrected chi connectivity index (χ2v) is 7.27. The molecule has 0 amide bonds. The third kappa shape index (κ3) is 3.03. The summed E-state index contributed by atoms with van der Waals surface area (Å²) in [5, 5.41) is 6.66. The van der Waals surface area contributed by atoms with Gasteiger partial charge < -0.3 is 5.32 Å². The number of nitrogens with one attached hydrogen (secondary N) is 1. The second-order valence-electron chi connectivity index (χ2n) is 4.12. The van der Waals surface area contributed by atoms with Gasteiger partial charge in [0.2, 0.25) is 0 Å². The molecule has 1 saturated heterocycles. The Labute approximate surface area is 115 Å². The lowest BCUT2D eigenvalue weighted by molar-refractivity contribution is 0.509. The third-order valence-corrected chi connectivity index (χ3v) is 6.29. The molecule has 1 aliphatic heterocycles. The van der Waals surface area contributed by atoms with Gasteiger partial charge >= 0.3 is 0 Å². The van der Waals surface area contributed by atoms with Gasteiger partial charge in [-0.15, -0.1) is 11.3 Å². The topological polar surface area (TPSA) is 12.0 Å². The average molecular weight is 320 g/mol. The van der Waals surface area contributed by atoms with Gasteiger partial charge in [0.1, 0.15) is 0 Å². The molecular formula is C12H18BrNS2. The molecule has 0 bridgehead atoms. The van der Waals surface area contributed by atoms with E-state index >= 15 is 0 Å². The van der Waals surface area contributed by atoms with Crippen molar-refractivity contribution in [3.05, 3.63) is 20.8 Å². The lowest BCUT2D eigenvalue weighted by atomic mass is 10.1. The molecule has 2 rings (SSSR count). The molecule has 0 saturated carbocycles. The first-order chi connectivity index (χ1) is 7.83. The minimum atomic E-state index is 0.543. The predicted octanol–water partition coefficient (Wildman–Crippen LogP) is 4.45. The van der Waals surface area contributed by atoms with Gasteiger partial charge in [-0.3, -0.25) is 0 Å². The fourth-order valence-electron chi connectivity index (χ4n) is 2.09. The van der Waals surface area contributed by atoms with Gasteiger partial charge in [0, 0.05) is 14.6 Å². The number of hydrogen-bond donors (Lipinski definition) is 1. The molecule has 1 nitrogen and oxygen atoms in total. The van der Waals surface area contributed by atoms with Crippen molar-refractivity contribution in [2.24, 2.45) is 0 Å². The minimum Gasteiger partial charge on any atom is -0.308 e. The minimum absolute atomic E-state index is 0.543. The van der Waals surface area contributed by atoms with Crippen molar-refractivity contribution < 1.29 is 0 Å². The molecule has 2 atom stereocenters. The molecule has 0 aliphatic carbocycles. The van der Waals surface area contributed by atoms with Crippen LogP contribution in [0.5, 0.6) is 0 Å². The van der Waals surface area contributed by atoms with Crippen molar-refractivity contribution in [1.29, 1.82) is 0 Å². The summed E-state index contributed by atoms with van der Waals surface area (Å²) in [6.45, 7) is 3.35. The van der Waals surface area contributed by atoms with Gasteiger partial charge in [-0.05, 0) is 58.9 Å². The summed E-state index contributed by atoms with van der Waals surface area (Å²) in [6.07, 6.45) is 3.94. The van der Waals surface area contributed by atoms with Gasteiger partial charge in [-0.1, -0.05) is 6.92 Å². The molecule has 1 N–H and O–H groups in total. The highest BCUT2D eigenvalue weighted by Crippen LogP contribution is 2.40. The number of halogens is 1. The SMILES string of the molecule is CCCNC(c1sccc1Br)C1CCCS1. The summed E-state index contributed by atoms with van der Waals surface area (Å²) in [5.74, 6) is 1.33. The first-order valence-electron chi connectivity index (χ1n) is 5.90.